The summed E-state index contributed by atoms with van der Waals surface area (Å²) in [6.07, 6.45) is 0.783. The SMILES string of the molecule is CC[C@@H](C)NC(=O)NC(=O)CSc1nnc(COc2cccc(C)c2)o1. The highest BCUT2D eigenvalue weighted by atomic mass is 32.2. The minimum Gasteiger partial charge on any atom is -0.484 e. The van der Waals surface area contributed by atoms with Crippen molar-refractivity contribution in [3.8, 4) is 5.75 Å². The summed E-state index contributed by atoms with van der Waals surface area (Å²) in [4.78, 5) is 23.3. The molecule has 0 fully saturated rings. The highest BCUT2D eigenvalue weighted by molar-refractivity contribution is 7.99. The molecule has 2 aromatic rings. The topological polar surface area (TPSA) is 106 Å². The molecule has 0 radical (unpaired) electrons. The number of amides is 3. The van der Waals surface area contributed by atoms with Gasteiger partial charge < -0.3 is 14.5 Å². The second kappa shape index (κ2) is 9.81. The fraction of sp³-hybridized carbons (Fsp3) is 0.412. The van der Waals surface area contributed by atoms with Gasteiger partial charge >= 0.3 is 6.03 Å². The zero-order valence-electron chi connectivity index (χ0n) is 14.9. The van der Waals surface area contributed by atoms with Gasteiger partial charge in [0.2, 0.25) is 5.91 Å². The molecule has 8 nitrogen and oxygen atoms in total. The molecule has 1 atom stereocenters. The van der Waals surface area contributed by atoms with Crippen LogP contribution in [-0.2, 0) is 11.4 Å². The molecule has 0 spiro atoms. The molecule has 1 aromatic carbocycles. The molecule has 0 aliphatic heterocycles. The van der Waals surface area contributed by atoms with Gasteiger partial charge in [0.05, 0.1) is 5.75 Å². The number of nitrogens with one attached hydrogen (secondary N) is 2. The van der Waals surface area contributed by atoms with Gasteiger partial charge in [-0.2, -0.15) is 0 Å². The Morgan fingerprint density at radius 1 is 1.35 bits per heavy atom. The number of aryl methyl sites for hydroxylation is 1. The minimum absolute atomic E-state index is 0.00218. The number of hydrogen-bond acceptors (Lipinski definition) is 7. The number of carbonyl (C=O) groups excluding carboxylic acids is 2. The summed E-state index contributed by atoms with van der Waals surface area (Å²) >= 11 is 1.05. The van der Waals surface area contributed by atoms with Crippen LogP contribution in [0.3, 0.4) is 0 Å². The van der Waals surface area contributed by atoms with E-state index in [1.807, 2.05) is 45.0 Å². The molecule has 1 heterocycles. The summed E-state index contributed by atoms with van der Waals surface area (Å²) < 4.78 is 11.0. The lowest BCUT2D eigenvalue weighted by molar-refractivity contribution is -0.117. The van der Waals surface area contributed by atoms with Crippen LogP contribution < -0.4 is 15.4 Å². The fourth-order valence-electron chi connectivity index (χ4n) is 1.86. The highest BCUT2D eigenvalue weighted by Gasteiger charge is 2.13. The Bertz CT molecular complexity index is 750. The van der Waals surface area contributed by atoms with Crippen molar-refractivity contribution in [1.82, 2.24) is 20.8 Å². The molecule has 0 aliphatic carbocycles. The van der Waals surface area contributed by atoms with E-state index in [0.717, 1.165) is 23.7 Å². The molecule has 26 heavy (non-hydrogen) atoms. The summed E-state index contributed by atoms with van der Waals surface area (Å²) in [5.74, 6) is 0.577. The number of carbonyl (C=O) groups is 2. The lowest BCUT2D eigenvalue weighted by Crippen LogP contribution is -2.43. The van der Waals surface area contributed by atoms with Crippen LogP contribution in [0.1, 0.15) is 31.7 Å². The van der Waals surface area contributed by atoms with E-state index in [4.69, 9.17) is 9.15 Å². The largest absolute Gasteiger partial charge is 0.484 e. The third-order valence-corrected chi connectivity index (χ3v) is 4.19. The zero-order valence-corrected chi connectivity index (χ0v) is 15.8. The van der Waals surface area contributed by atoms with Gasteiger partial charge in [0.15, 0.2) is 6.61 Å². The first-order chi connectivity index (χ1) is 12.5. The molecule has 0 saturated heterocycles. The van der Waals surface area contributed by atoms with E-state index in [-0.39, 0.29) is 23.6 Å². The van der Waals surface area contributed by atoms with E-state index in [1.54, 1.807) is 0 Å². The van der Waals surface area contributed by atoms with E-state index >= 15 is 0 Å². The first kappa shape index (κ1) is 19.8. The van der Waals surface area contributed by atoms with Crippen molar-refractivity contribution in [1.29, 1.82) is 0 Å². The molecule has 0 saturated carbocycles. The number of imide groups is 1. The number of aromatic nitrogens is 2. The number of ether oxygens (including phenoxy) is 1. The summed E-state index contributed by atoms with van der Waals surface area (Å²) in [7, 11) is 0. The third kappa shape index (κ3) is 6.75. The zero-order chi connectivity index (χ0) is 18.9. The molecule has 2 N–H and O–H groups in total. The van der Waals surface area contributed by atoms with E-state index < -0.39 is 11.9 Å². The summed E-state index contributed by atoms with van der Waals surface area (Å²) in [5, 5.41) is 12.9. The highest BCUT2D eigenvalue weighted by Crippen LogP contribution is 2.18. The predicted octanol–water partition coefficient (Wildman–Crippen LogP) is 2.67. The van der Waals surface area contributed by atoms with Gasteiger partial charge in [-0.25, -0.2) is 4.79 Å². The first-order valence-corrected chi connectivity index (χ1v) is 9.19. The van der Waals surface area contributed by atoms with Crippen molar-refractivity contribution in [3.05, 3.63) is 35.7 Å². The number of urea groups is 1. The van der Waals surface area contributed by atoms with Crippen LogP contribution in [0.4, 0.5) is 4.79 Å². The lowest BCUT2D eigenvalue weighted by atomic mass is 10.2. The van der Waals surface area contributed by atoms with Crippen LogP contribution in [0.15, 0.2) is 33.9 Å². The predicted molar refractivity (Wildman–Crippen MR) is 97.0 cm³/mol. The minimum atomic E-state index is -0.511. The lowest BCUT2D eigenvalue weighted by Gasteiger charge is -2.11. The molecular formula is C17H22N4O4S. The maximum absolute atomic E-state index is 11.7. The van der Waals surface area contributed by atoms with Gasteiger partial charge in [-0.05, 0) is 38.0 Å². The van der Waals surface area contributed by atoms with Crippen molar-refractivity contribution in [3.63, 3.8) is 0 Å². The van der Waals surface area contributed by atoms with Crippen molar-refractivity contribution < 1.29 is 18.7 Å². The Balaban J connectivity index is 1.74. The Labute approximate surface area is 156 Å². The smallest absolute Gasteiger partial charge is 0.321 e. The third-order valence-electron chi connectivity index (χ3n) is 3.37. The molecule has 140 valence electrons. The average molecular weight is 378 g/mol. The quantitative estimate of drug-likeness (QED) is 0.680. The van der Waals surface area contributed by atoms with Crippen molar-refractivity contribution >= 4 is 23.7 Å². The molecule has 3 amide bonds. The molecule has 1 aromatic heterocycles. The van der Waals surface area contributed by atoms with E-state index in [0.29, 0.717) is 11.6 Å². The van der Waals surface area contributed by atoms with Crippen LogP contribution in [-0.4, -0.2) is 33.9 Å². The number of nitrogens with zero attached hydrogens (tertiary/aromatic N) is 2. The maximum atomic E-state index is 11.7. The Kier molecular flexibility index (Phi) is 7.46. The van der Waals surface area contributed by atoms with Gasteiger partial charge in [0, 0.05) is 6.04 Å². The van der Waals surface area contributed by atoms with Crippen LogP contribution in [0.5, 0.6) is 5.75 Å². The van der Waals surface area contributed by atoms with E-state index in [2.05, 4.69) is 20.8 Å². The van der Waals surface area contributed by atoms with E-state index in [9.17, 15) is 9.59 Å². The van der Waals surface area contributed by atoms with Gasteiger partial charge in [0.25, 0.3) is 11.1 Å². The standard InChI is InChI=1S/C17H22N4O4S/c1-4-12(3)18-16(23)19-14(22)10-26-17-21-20-15(25-17)9-24-13-7-5-6-11(2)8-13/h5-8,12H,4,9-10H2,1-3H3,(H2,18,19,22,23)/t12-/m1/s1. The van der Waals surface area contributed by atoms with Crippen LogP contribution >= 0.6 is 11.8 Å². The van der Waals surface area contributed by atoms with Gasteiger partial charge in [-0.3, -0.25) is 10.1 Å². The Morgan fingerprint density at radius 3 is 2.88 bits per heavy atom. The van der Waals surface area contributed by atoms with Gasteiger partial charge in [-0.15, -0.1) is 10.2 Å². The van der Waals surface area contributed by atoms with Crippen molar-refractivity contribution in [2.24, 2.45) is 0 Å². The molecule has 9 heteroatoms. The number of thioether (sulfide) groups is 1. The molecule has 2 rings (SSSR count). The number of benzene rings is 1. The summed E-state index contributed by atoms with van der Waals surface area (Å²) in [6.45, 7) is 5.92. The second-order valence-electron chi connectivity index (χ2n) is 5.69. The summed E-state index contributed by atoms with van der Waals surface area (Å²) in [6, 6.07) is 7.11. The first-order valence-electron chi connectivity index (χ1n) is 8.21. The summed E-state index contributed by atoms with van der Waals surface area (Å²) in [5.41, 5.74) is 1.09. The van der Waals surface area contributed by atoms with Crippen LogP contribution in [0, 0.1) is 6.92 Å². The van der Waals surface area contributed by atoms with Crippen molar-refractivity contribution in [2.45, 2.75) is 45.1 Å². The monoisotopic (exact) mass is 378 g/mol. The average Bonchev–Trinajstić information content (AvgIpc) is 3.06. The number of hydrogen-bond donors (Lipinski definition) is 2. The second-order valence-corrected chi connectivity index (χ2v) is 6.61. The van der Waals surface area contributed by atoms with Crippen LogP contribution in [0.25, 0.3) is 0 Å². The van der Waals surface area contributed by atoms with Gasteiger partial charge in [-0.1, -0.05) is 30.8 Å². The van der Waals surface area contributed by atoms with E-state index in [1.165, 1.54) is 0 Å². The maximum Gasteiger partial charge on any atom is 0.321 e. The Morgan fingerprint density at radius 2 is 2.15 bits per heavy atom. The van der Waals surface area contributed by atoms with Gasteiger partial charge in [0.1, 0.15) is 5.75 Å². The molecule has 0 unspecified atom stereocenters. The van der Waals surface area contributed by atoms with Crippen molar-refractivity contribution in [2.75, 3.05) is 5.75 Å². The van der Waals surface area contributed by atoms with Crippen LogP contribution in [0.2, 0.25) is 0 Å². The Hall–Kier alpha value is -2.55. The molecular weight excluding hydrogens is 356 g/mol. The molecule has 0 bridgehead atoms. The normalized spacial score (nSPS) is 11.7. The number of rotatable bonds is 8. The molecule has 0 aliphatic rings. The fourth-order valence-corrected chi connectivity index (χ4v) is 2.44.